The van der Waals surface area contributed by atoms with E-state index in [4.69, 9.17) is 11.6 Å². The molecule has 0 bridgehead atoms. The molecule has 6 heteroatoms. The Balaban J connectivity index is 1.89. The van der Waals surface area contributed by atoms with Crippen molar-refractivity contribution in [3.8, 4) is 0 Å². The quantitative estimate of drug-likeness (QED) is 0.842. The number of fused-ring (bicyclic) bond motifs is 1. The summed E-state index contributed by atoms with van der Waals surface area (Å²) in [6.45, 7) is 3.66. The molecular weight excluding hydrogens is 270 g/mol. The minimum atomic E-state index is -0.256. The van der Waals surface area contributed by atoms with Crippen LogP contribution in [0.4, 0.5) is 5.82 Å². The number of rotatable bonds is 2. The molecule has 1 aromatic rings. The van der Waals surface area contributed by atoms with E-state index in [0.717, 1.165) is 43.2 Å². The van der Waals surface area contributed by atoms with Gasteiger partial charge in [0, 0.05) is 31.2 Å². The molecule has 18 heavy (non-hydrogen) atoms. The maximum absolute atomic E-state index is 9.67. The molecule has 0 aliphatic carbocycles. The van der Waals surface area contributed by atoms with Crippen molar-refractivity contribution in [3.63, 3.8) is 0 Å². The SMILES string of the molecule is CC(O)C1CCN(c2nc(Cl)nc3c2SCC3)C1. The lowest BCUT2D eigenvalue weighted by molar-refractivity contribution is 0.136. The fourth-order valence-electron chi connectivity index (χ4n) is 2.61. The molecule has 1 fully saturated rings. The maximum atomic E-state index is 9.67. The highest BCUT2D eigenvalue weighted by Gasteiger charge is 2.30. The second kappa shape index (κ2) is 4.87. The predicted molar refractivity (Wildman–Crippen MR) is 73.5 cm³/mol. The molecule has 2 unspecified atom stereocenters. The zero-order chi connectivity index (χ0) is 12.7. The third kappa shape index (κ3) is 2.19. The van der Waals surface area contributed by atoms with Crippen LogP contribution < -0.4 is 4.90 Å². The van der Waals surface area contributed by atoms with E-state index in [1.54, 1.807) is 0 Å². The van der Waals surface area contributed by atoms with Gasteiger partial charge in [0.2, 0.25) is 5.28 Å². The second-order valence-corrected chi connectivity index (χ2v) is 6.37. The maximum Gasteiger partial charge on any atom is 0.224 e. The monoisotopic (exact) mass is 285 g/mol. The summed E-state index contributed by atoms with van der Waals surface area (Å²) in [4.78, 5) is 12.1. The van der Waals surface area contributed by atoms with Gasteiger partial charge in [-0.05, 0) is 24.9 Å². The van der Waals surface area contributed by atoms with Gasteiger partial charge in [0.1, 0.15) is 5.82 Å². The Bertz CT molecular complexity index is 469. The molecule has 1 aromatic heterocycles. The van der Waals surface area contributed by atoms with Crippen molar-refractivity contribution in [1.82, 2.24) is 9.97 Å². The first-order valence-electron chi connectivity index (χ1n) is 6.27. The van der Waals surface area contributed by atoms with Gasteiger partial charge >= 0.3 is 0 Å². The summed E-state index contributed by atoms with van der Waals surface area (Å²) in [7, 11) is 0. The number of aromatic nitrogens is 2. The number of halogens is 1. The van der Waals surface area contributed by atoms with Crippen LogP contribution in [-0.2, 0) is 6.42 Å². The zero-order valence-electron chi connectivity index (χ0n) is 10.3. The molecule has 3 heterocycles. The Morgan fingerprint density at radius 2 is 2.33 bits per heavy atom. The normalized spacial score (nSPS) is 24.4. The number of aliphatic hydroxyl groups excluding tert-OH is 1. The summed E-state index contributed by atoms with van der Waals surface area (Å²) in [5.41, 5.74) is 1.08. The van der Waals surface area contributed by atoms with Crippen molar-refractivity contribution >= 4 is 29.2 Å². The standard InChI is InChI=1S/C12H16ClN3OS/c1-7(17)8-2-4-16(6-8)11-10-9(3-5-18-10)14-12(13)15-11/h7-8,17H,2-6H2,1H3. The van der Waals surface area contributed by atoms with Crippen molar-refractivity contribution in [2.45, 2.75) is 30.8 Å². The molecule has 2 aliphatic rings. The van der Waals surface area contributed by atoms with Crippen LogP contribution in [0.5, 0.6) is 0 Å². The molecule has 0 aromatic carbocycles. The first-order chi connectivity index (χ1) is 8.65. The Labute approximate surface area is 116 Å². The largest absolute Gasteiger partial charge is 0.393 e. The number of nitrogens with zero attached hydrogens (tertiary/aromatic N) is 3. The summed E-state index contributed by atoms with van der Waals surface area (Å²) in [5, 5.41) is 10.0. The van der Waals surface area contributed by atoms with Gasteiger partial charge in [0.05, 0.1) is 16.7 Å². The van der Waals surface area contributed by atoms with Crippen molar-refractivity contribution in [1.29, 1.82) is 0 Å². The van der Waals surface area contributed by atoms with Crippen LogP contribution in [0, 0.1) is 5.92 Å². The molecule has 98 valence electrons. The van der Waals surface area contributed by atoms with E-state index >= 15 is 0 Å². The summed E-state index contributed by atoms with van der Waals surface area (Å²) in [5.74, 6) is 2.36. The van der Waals surface area contributed by atoms with Crippen LogP contribution in [0.3, 0.4) is 0 Å². The molecule has 4 nitrogen and oxygen atoms in total. The first-order valence-corrected chi connectivity index (χ1v) is 7.63. The lowest BCUT2D eigenvalue weighted by Gasteiger charge is -2.20. The Morgan fingerprint density at radius 3 is 3.06 bits per heavy atom. The highest BCUT2D eigenvalue weighted by molar-refractivity contribution is 7.99. The van der Waals surface area contributed by atoms with Gasteiger partial charge in [0.15, 0.2) is 0 Å². The predicted octanol–water partition coefficient (Wildman–Crippen LogP) is 1.99. The minimum absolute atomic E-state index is 0.256. The number of hydrogen-bond donors (Lipinski definition) is 1. The number of aryl methyl sites for hydroxylation is 1. The van der Waals surface area contributed by atoms with E-state index < -0.39 is 0 Å². The van der Waals surface area contributed by atoms with Crippen molar-refractivity contribution in [3.05, 3.63) is 11.0 Å². The number of aliphatic hydroxyl groups is 1. The van der Waals surface area contributed by atoms with Gasteiger partial charge in [0.25, 0.3) is 0 Å². The van der Waals surface area contributed by atoms with Crippen LogP contribution in [0.25, 0.3) is 0 Å². The van der Waals surface area contributed by atoms with Gasteiger partial charge in [-0.2, -0.15) is 4.98 Å². The molecule has 1 N–H and O–H groups in total. The molecule has 2 atom stereocenters. The molecule has 0 amide bonds. The number of thioether (sulfide) groups is 1. The van der Waals surface area contributed by atoms with E-state index in [1.165, 1.54) is 4.90 Å². The summed E-state index contributed by atoms with van der Waals surface area (Å²) >= 11 is 7.81. The van der Waals surface area contributed by atoms with Crippen LogP contribution in [-0.4, -0.2) is 40.0 Å². The fourth-order valence-corrected chi connectivity index (χ4v) is 3.91. The summed E-state index contributed by atoms with van der Waals surface area (Å²) in [6.07, 6.45) is 1.73. The van der Waals surface area contributed by atoms with E-state index in [2.05, 4.69) is 14.9 Å². The molecule has 0 saturated carbocycles. The van der Waals surface area contributed by atoms with Crippen LogP contribution in [0.1, 0.15) is 19.0 Å². The van der Waals surface area contributed by atoms with Crippen LogP contribution in [0.2, 0.25) is 5.28 Å². The molecule has 3 rings (SSSR count). The second-order valence-electron chi connectivity index (χ2n) is 4.93. The first kappa shape index (κ1) is 12.5. The number of hydrogen-bond acceptors (Lipinski definition) is 5. The lowest BCUT2D eigenvalue weighted by atomic mass is 10.0. The number of anilines is 1. The molecule has 1 saturated heterocycles. The highest BCUT2D eigenvalue weighted by atomic mass is 35.5. The Kier molecular flexibility index (Phi) is 3.38. The van der Waals surface area contributed by atoms with Crippen LogP contribution >= 0.6 is 23.4 Å². The Hall–Kier alpha value is -0.520. The third-order valence-corrected chi connectivity index (χ3v) is 4.97. The van der Waals surface area contributed by atoms with Gasteiger partial charge in [-0.1, -0.05) is 0 Å². The molecule has 0 spiro atoms. The van der Waals surface area contributed by atoms with Crippen molar-refractivity contribution < 1.29 is 5.11 Å². The molecule has 2 aliphatic heterocycles. The highest BCUT2D eigenvalue weighted by Crippen LogP contribution is 2.39. The van der Waals surface area contributed by atoms with Crippen molar-refractivity contribution in [2.24, 2.45) is 5.92 Å². The Morgan fingerprint density at radius 1 is 1.50 bits per heavy atom. The van der Waals surface area contributed by atoms with Gasteiger partial charge in [-0.25, -0.2) is 4.98 Å². The van der Waals surface area contributed by atoms with Crippen LogP contribution in [0.15, 0.2) is 4.90 Å². The van der Waals surface area contributed by atoms with Crippen molar-refractivity contribution in [2.75, 3.05) is 23.7 Å². The average molecular weight is 286 g/mol. The summed E-state index contributed by atoms with van der Waals surface area (Å²) < 4.78 is 0. The van der Waals surface area contributed by atoms with E-state index in [-0.39, 0.29) is 6.10 Å². The molecular formula is C12H16ClN3OS. The van der Waals surface area contributed by atoms with E-state index in [9.17, 15) is 5.11 Å². The molecule has 0 radical (unpaired) electrons. The summed E-state index contributed by atoms with van der Waals surface area (Å²) in [6, 6.07) is 0. The third-order valence-electron chi connectivity index (χ3n) is 3.68. The zero-order valence-corrected chi connectivity index (χ0v) is 11.8. The van der Waals surface area contributed by atoms with E-state index in [1.807, 2.05) is 18.7 Å². The van der Waals surface area contributed by atoms with Gasteiger partial charge < -0.3 is 10.0 Å². The lowest BCUT2D eigenvalue weighted by Crippen LogP contribution is -2.25. The van der Waals surface area contributed by atoms with E-state index in [0.29, 0.717) is 11.2 Å². The van der Waals surface area contributed by atoms with Gasteiger partial charge in [-0.15, -0.1) is 11.8 Å². The average Bonchev–Trinajstić information content (AvgIpc) is 2.95. The topological polar surface area (TPSA) is 49.2 Å². The minimum Gasteiger partial charge on any atom is -0.393 e. The smallest absolute Gasteiger partial charge is 0.224 e. The fraction of sp³-hybridized carbons (Fsp3) is 0.667. The van der Waals surface area contributed by atoms with Gasteiger partial charge in [-0.3, -0.25) is 0 Å².